The number of rotatable bonds is 6. The number of esters is 1. The van der Waals surface area contributed by atoms with Crippen molar-refractivity contribution in [3.8, 4) is 17.2 Å². The Morgan fingerprint density at radius 1 is 1.15 bits per heavy atom. The van der Waals surface area contributed by atoms with Gasteiger partial charge in [0.25, 0.3) is 5.91 Å². The van der Waals surface area contributed by atoms with Crippen LogP contribution in [0.15, 0.2) is 48.5 Å². The van der Waals surface area contributed by atoms with Crippen LogP contribution in [0.1, 0.15) is 5.56 Å². The van der Waals surface area contributed by atoms with Crippen molar-refractivity contribution in [3.63, 3.8) is 0 Å². The second kappa shape index (κ2) is 8.24. The maximum atomic E-state index is 12.0. The maximum absolute atomic E-state index is 12.0. The van der Waals surface area contributed by atoms with Crippen LogP contribution < -0.4 is 19.5 Å². The molecule has 0 aliphatic carbocycles. The zero-order valence-electron chi connectivity index (χ0n) is 14.3. The average molecular weight is 357 g/mol. The number of nitrogens with one attached hydrogen (secondary N) is 1. The van der Waals surface area contributed by atoms with Gasteiger partial charge in [-0.25, -0.2) is 4.79 Å². The molecule has 1 N–H and O–H groups in total. The van der Waals surface area contributed by atoms with Gasteiger partial charge >= 0.3 is 5.97 Å². The van der Waals surface area contributed by atoms with Crippen LogP contribution in [0.5, 0.6) is 17.2 Å². The third-order valence-electron chi connectivity index (χ3n) is 3.74. The number of hydrogen-bond acceptors (Lipinski definition) is 6. The molecule has 0 bridgehead atoms. The summed E-state index contributed by atoms with van der Waals surface area (Å²) < 4.78 is 21.1. The Labute approximate surface area is 150 Å². The summed E-state index contributed by atoms with van der Waals surface area (Å²) in [5.74, 6) is 0.711. The monoisotopic (exact) mass is 357 g/mol. The van der Waals surface area contributed by atoms with Crippen LogP contribution in [0.25, 0.3) is 0 Å². The van der Waals surface area contributed by atoms with Gasteiger partial charge in [-0.2, -0.15) is 0 Å². The Bertz CT molecular complexity index is 791. The fraction of sp³-hybridized carbons (Fsp3) is 0.263. The second-order valence-corrected chi connectivity index (χ2v) is 5.60. The van der Waals surface area contributed by atoms with E-state index in [-0.39, 0.29) is 13.2 Å². The summed E-state index contributed by atoms with van der Waals surface area (Å²) in [5, 5.41) is 2.68. The first-order chi connectivity index (χ1) is 12.7. The molecule has 0 unspecified atom stereocenters. The highest BCUT2D eigenvalue weighted by molar-refractivity contribution is 5.82. The lowest BCUT2D eigenvalue weighted by Gasteiger charge is -2.24. The van der Waals surface area contributed by atoms with Gasteiger partial charge in [0, 0.05) is 6.54 Å². The van der Waals surface area contributed by atoms with Gasteiger partial charge in [-0.05, 0) is 29.8 Å². The minimum absolute atomic E-state index is 0.0429. The van der Waals surface area contributed by atoms with Crippen molar-refractivity contribution in [2.45, 2.75) is 12.6 Å². The molecule has 1 heterocycles. The molecule has 0 fully saturated rings. The Morgan fingerprint density at radius 3 is 2.77 bits per heavy atom. The molecular formula is C19H19NO6. The summed E-state index contributed by atoms with van der Waals surface area (Å²) in [7, 11) is 1.58. The summed E-state index contributed by atoms with van der Waals surface area (Å²) in [6, 6.07) is 14.4. The molecule has 1 amide bonds. The smallest absolute Gasteiger partial charge is 0.351 e. The normalized spacial score (nSPS) is 15.0. The van der Waals surface area contributed by atoms with E-state index in [0.717, 1.165) is 5.56 Å². The molecule has 0 radical (unpaired) electrons. The van der Waals surface area contributed by atoms with Crippen molar-refractivity contribution < 1.29 is 28.5 Å². The molecule has 7 heteroatoms. The molecule has 0 saturated heterocycles. The molecule has 1 aliphatic heterocycles. The number of carbonyl (C=O) groups excluding carboxylic acids is 2. The van der Waals surface area contributed by atoms with E-state index in [4.69, 9.17) is 18.9 Å². The minimum Gasteiger partial charge on any atom is -0.497 e. The third-order valence-corrected chi connectivity index (χ3v) is 3.74. The lowest BCUT2D eigenvalue weighted by molar-refractivity contribution is -0.157. The standard InChI is InChI=1S/C19H19NO6/c1-23-14-6-4-5-13(9-14)10-20-18(21)12-25-19(22)17-11-24-15-7-2-3-8-16(15)26-17/h2-9,17H,10-12H2,1H3,(H,20,21)/t17-/m1/s1. The molecule has 2 aromatic carbocycles. The van der Waals surface area contributed by atoms with E-state index in [0.29, 0.717) is 23.8 Å². The second-order valence-electron chi connectivity index (χ2n) is 5.60. The molecule has 26 heavy (non-hydrogen) atoms. The van der Waals surface area contributed by atoms with Crippen LogP contribution in [-0.2, 0) is 20.9 Å². The Morgan fingerprint density at radius 2 is 1.96 bits per heavy atom. The van der Waals surface area contributed by atoms with Crippen LogP contribution in [0.2, 0.25) is 0 Å². The molecule has 3 rings (SSSR count). The van der Waals surface area contributed by atoms with Gasteiger partial charge in [-0.15, -0.1) is 0 Å². The first-order valence-electron chi connectivity index (χ1n) is 8.10. The zero-order chi connectivity index (χ0) is 18.4. The number of fused-ring (bicyclic) bond motifs is 1. The minimum atomic E-state index is -0.893. The van der Waals surface area contributed by atoms with Gasteiger partial charge in [-0.1, -0.05) is 24.3 Å². The molecule has 0 aromatic heterocycles. The molecular weight excluding hydrogens is 338 g/mol. The van der Waals surface area contributed by atoms with Gasteiger partial charge < -0.3 is 24.3 Å². The van der Waals surface area contributed by atoms with Crippen molar-refractivity contribution in [1.29, 1.82) is 0 Å². The largest absolute Gasteiger partial charge is 0.497 e. The molecule has 1 aliphatic rings. The number of hydrogen-bond donors (Lipinski definition) is 1. The topological polar surface area (TPSA) is 83.1 Å². The van der Waals surface area contributed by atoms with Crippen LogP contribution in [0.3, 0.4) is 0 Å². The van der Waals surface area contributed by atoms with Crippen molar-refractivity contribution in [2.24, 2.45) is 0 Å². The first kappa shape index (κ1) is 17.6. The fourth-order valence-corrected chi connectivity index (χ4v) is 2.40. The summed E-state index contributed by atoms with van der Waals surface area (Å²) in [4.78, 5) is 23.9. The fourth-order valence-electron chi connectivity index (χ4n) is 2.40. The van der Waals surface area contributed by atoms with Crippen LogP contribution in [-0.4, -0.2) is 38.3 Å². The summed E-state index contributed by atoms with van der Waals surface area (Å²) in [5.41, 5.74) is 0.879. The molecule has 1 atom stereocenters. The molecule has 0 saturated carbocycles. The summed E-state index contributed by atoms with van der Waals surface area (Å²) >= 11 is 0. The van der Waals surface area contributed by atoms with Gasteiger partial charge in [-0.3, -0.25) is 4.79 Å². The first-order valence-corrected chi connectivity index (χ1v) is 8.10. The Kier molecular flexibility index (Phi) is 5.58. The van der Waals surface area contributed by atoms with Crippen molar-refractivity contribution >= 4 is 11.9 Å². The van der Waals surface area contributed by atoms with E-state index < -0.39 is 18.0 Å². The van der Waals surface area contributed by atoms with E-state index in [1.165, 1.54) is 0 Å². The Hall–Kier alpha value is -3.22. The highest BCUT2D eigenvalue weighted by Gasteiger charge is 2.29. The van der Waals surface area contributed by atoms with Crippen LogP contribution >= 0.6 is 0 Å². The van der Waals surface area contributed by atoms with Crippen molar-refractivity contribution in [2.75, 3.05) is 20.3 Å². The number of benzene rings is 2. The van der Waals surface area contributed by atoms with E-state index in [9.17, 15) is 9.59 Å². The van der Waals surface area contributed by atoms with Gasteiger partial charge in [0.2, 0.25) is 6.10 Å². The highest BCUT2D eigenvalue weighted by atomic mass is 16.6. The SMILES string of the molecule is COc1cccc(CNC(=O)COC(=O)[C@H]2COc3ccccc3O2)c1. The maximum Gasteiger partial charge on any atom is 0.351 e. The molecule has 2 aromatic rings. The lowest BCUT2D eigenvalue weighted by atomic mass is 10.2. The number of ether oxygens (including phenoxy) is 4. The number of amides is 1. The molecule has 7 nitrogen and oxygen atoms in total. The van der Waals surface area contributed by atoms with Gasteiger partial charge in [0.1, 0.15) is 12.4 Å². The average Bonchev–Trinajstić information content (AvgIpc) is 2.70. The predicted molar refractivity (Wildman–Crippen MR) is 92.2 cm³/mol. The van der Waals surface area contributed by atoms with Crippen LogP contribution in [0, 0.1) is 0 Å². The highest BCUT2D eigenvalue weighted by Crippen LogP contribution is 2.31. The van der Waals surface area contributed by atoms with E-state index in [1.54, 1.807) is 25.3 Å². The van der Waals surface area contributed by atoms with Crippen LogP contribution in [0.4, 0.5) is 0 Å². The molecule has 0 spiro atoms. The third kappa shape index (κ3) is 4.44. The van der Waals surface area contributed by atoms with Gasteiger partial charge in [0.15, 0.2) is 18.1 Å². The van der Waals surface area contributed by atoms with Crippen molar-refractivity contribution in [3.05, 3.63) is 54.1 Å². The number of methoxy groups -OCH3 is 1. The number of para-hydroxylation sites is 2. The summed E-state index contributed by atoms with van der Waals surface area (Å²) in [6.45, 7) is -0.0322. The van der Waals surface area contributed by atoms with Gasteiger partial charge in [0.05, 0.1) is 7.11 Å². The number of carbonyl (C=O) groups is 2. The van der Waals surface area contributed by atoms with E-state index in [1.807, 2.05) is 30.3 Å². The quantitative estimate of drug-likeness (QED) is 0.793. The molecule has 136 valence electrons. The van der Waals surface area contributed by atoms with Crippen molar-refractivity contribution in [1.82, 2.24) is 5.32 Å². The predicted octanol–water partition coefficient (Wildman–Crippen LogP) is 1.69. The zero-order valence-corrected chi connectivity index (χ0v) is 14.3. The Balaban J connectivity index is 1.43. The lowest BCUT2D eigenvalue weighted by Crippen LogP contribution is -2.39. The summed E-state index contributed by atoms with van der Waals surface area (Å²) in [6.07, 6.45) is -0.893. The van der Waals surface area contributed by atoms with E-state index in [2.05, 4.69) is 5.32 Å². The van der Waals surface area contributed by atoms with E-state index >= 15 is 0 Å².